The zero-order chi connectivity index (χ0) is 17.4. The number of piperidine rings is 1. The maximum Gasteiger partial charge on any atom is 0.409 e. The van der Waals surface area contributed by atoms with Gasteiger partial charge in [-0.2, -0.15) is 5.10 Å². The normalized spacial score (nSPS) is 16.1. The van der Waals surface area contributed by atoms with E-state index in [1.165, 1.54) is 0 Å². The van der Waals surface area contributed by atoms with Crippen LogP contribution < -0.4 is 10.6 Å². The minimum atomic E-state index is -0.215. The van der Waals surface area contributed by atoms with Gasteiger partial charge in [0.15, 0.2) is 5.96 Å². The SMILES string of the molecule is CCNC(=NCc1cnn(C)c1)NC1CCN(C(=O)OCC)CC1. The number of ether oxygens (including phenoxy) is 1. The van der Waals surface area contributed by atoms with Crippen molar-refractivity contribution < 1.29 is 9.53 Å². The maximum absolute atomic E-state index is 11.7. The van der Waals surface area contributed by atoms with Crippen LogP contribution in [-0.4, -0.2) is 59.0 Å². The van der Waals surface area contributed by atoms with Gasteiger partial charge in [0, 0.05) is 44.5 Å². The van der Waals surface area contributed by atoms with Crippen molar-refractivity contribution in [3.63, 3.8) is 0 Å². The van der Waals surface area contributed by atoms with Crippen molar-refractivity contribution in [1.82, 2.24) is 25.3 Å². The minimum Gasteiger partial charge on any atom is -0.450 e. The van der Waals surface area contributed by atoms with Gasteiger partial charge in [-0.1, -0.05) is 0 Å². The Labute approximate surface area is 143 Å². The van der Waals surface area contributed by atoms with Crippen LogP contribution in [0, 0.1) is 0 Å². The number of likely N-dealkylation sites (tertiary alicyclic amines) is 1. The van der Waals surface area contributed by atoms with E-state index in [1.54, 1.807) is 9.58 Å². The van der Waals surface area contributed by atoms with E-state index in [9.17, 15) is 4.79 Å². The Bertz CT molecular complexity index is 549. The van der Waals surface area contributed by atoms with E-state index in [1.807, 2.05) is 33.3 Å². The number of hydrogen-bond acceptors (Lipinski definition) is 4. The monoisotopic (exact) mass is 336 g/mol. The molecule has 0 aliphatic carbocycles. The van der Waals surface area contributed by atoms with Crippen molar-refractivity contribution in [1.29, 1.82) is 0 Å². The fourth-order valence-electron chi connectivity index (χ4n) is 2.66. The summed E-state index contributed by atoms with van der Waals surface area (Å²) < 4.78 is 6.82. The van der Waals surface area contributed by atoms with Gasteiger partial charge < -0.3 is 20.3 Å². The van der Waals surface area contributed by atoms with Crippen LogP contribution in [0.3, 0.4) is 0 Å². The first-order valence-electron chi connectivity index (χ1n) is 8.56. The molecule has 0 spiro atoms. The summed E-state index contributed by atoms with van der Waals surface area (Å²) >= 11 is 0. The maximum atomic E-state index is 11.7. The van der Waals surface area contributed by atoms with Crippen LogP contribution in [-0.2, 0) is 18.3 Å². The molecule has 1 aromatic heterocycles. The van der Waals surface area contributed by atoms with Crippen LogP contribution in [0.15, 0.2) is 17.4 Å². The predicted octanol–water partition coefficient (Wildman–Crippen LogP) is 1.10. The number of nitrogens with one attached hydrogen (secondary N) is 2. The lowest BCUT2D eigenvalue weighted by Crippen LogP contribution is -2.49. The molecule has 24 heavy (non-hydrogen) atoms. The lowest BCUT2D eigenvalue weighted by atomic mass is 10.1. The fourth-order valence-corrected chi connectivity index (χ4v) is 2.66. The third-order valence-electron chi connectivity index (χ3n) is 3.88. The molecule has 0 saturated carbocycles. The Kier molecular flexibility index (Phi) is 6.89. The van der Waals surface area contributed by atoms with Gasteiger partial charge in [0.2, 0.25) is 0 Å². The number of aromatic nitrogens is 2. The van der Waals surface area contributed by atoms with Crippen molar-refractivity contribution in [2.45, 2.75) is 39.3 Å². The second-order valence-electron chi connectivity index (χ2n) is 5.82. The number of hydrogen-bond donors (Lipinski definition) is 2. The van der Waals surface area contributed by atoms with E-state index in [2.05, 4.69) is 20.7 Å². The molecule has 0 atom stereocenters. The minimum absolute atomic E-state index is 0.215. The predicted molar refractivity (Wildman–Crippen MR) is 92.8 cm³/mol. The van der Waals surface area contributed by atoms with Gasteiger partial charge in [-0.3, -0.25) is 4.68 Å². The summed E-state index contributed by atoms with van der Waals surface area (Å²) in [5.74, 6) is 0.802. The summed E-state index contributed by atoms with van der Waals surface area (Å²) in [6, 6.07) is 0.308. The molecule has 1 aromatic rings. The first-order chi connectivity index (χ1) is 11.6. The van der Waals surface area contributed by atoms with Gasteiger partial charge in [-0.05, 0) is 26.7 Å². The smallest absolute Gasteiger partial charge is 0.409 e. The zero-order valence-corrected chi connectivity index (χ0v) is 14.8. The second kappa shape index (κ2) is 9.14. The number of carbonyl (C=O) groups is 1. The first kappa shape index (κ1) is 18.1. The van der Waals surface area contributed by atoms with E-state index in [4.69, 9.17) is 4.74 Å². The summed E-state index contributed by atoms with van der Waals surface area (Å²) in [6.07, 6.45) is 5.34. The molecule has 8 heteroatoms. The molecule has 1 saturated heterocycles. The number of aryl methyl sites for hydroxylation is 1. The van der Waals surface area contributed by atoms with Crippen LogP contribution in [0.4, 0.5) is 4.79 Å². The van der Waals surface area contributed by atoms with Gasteiger partial charge >= 0.3 is 6.09 Å². The van der Waals surface area contributed by atoms with E-state index in [0.717, 1.165) is 30.9 Å². The van der Waals surface area contributed by atoms with Gasteiger partial charge in [0.1, 0.15) is 0 Å². The molecule has 2 rings (SSSR count). The molecular formula is C16H28N6O2. The Morgan fingerprint density at radius 3 is 2.75 bits per heavy atom. The van der Waals surface area contributed by atoms with Crippen molar-refractivity contribution in [3.8, 4) is 0 Å². The quantitative estimate of drug-likeness (QED) is 0.621. The summed E-state index contributed by atoms with van der Waals surface area (Å²) in [5.41, 5.74) is 1.08. The summed E-state index contributed by atoms with van der Waals surface area (Å²) in [4.78, 5) is 18.1. The van der Waals surface area contributed by atoms with Crippen LogP contribution in [0.5, 0.6) is 0 Å². The third-order valence-corrected chi connectivity index (χ3v) is 3.88. The highest BCUT2D eigenvalue weighted by Gasteiger charge is 2.23. The molecule has 8 nitrogen and oxygen atoms in total. The van der Waals surface area contributed by atoms with E-state index < -0.39 is 0 Å². The Hall–Kier alpha value is -2.25. The third kappa shape index (κ3) is 5.43. The summed E-state index contributed by atoms with van der Waals surface area (Å²) in [7, 11) is 1.90. The molecule has 1 fully saturated rings. The van der Waals surface area contributed by atoms with Crippen LogP contribution in [0.2, 0.25) is 0 Å². The lowest BCUT2D eigenvalue weighted by molar-refractivity contribution is 0.0963. The van der Waals surface area contributed by atoms with Crippen LogP contribution in [0.25, 0.3) is 0 Å². The lowest BCUT2D eigenvalue weighted by Gasteiger charge is -2.32. The molecule has 1 amide bonds. The largest absolute Gasteiger partial charge is 0.450 e. The van der Waals surface area contributed by atoms with E-state index in [0.29, 0.717) is 32.3 Å². The Morgan fingerprint density at radius 1 is 1.42 bits per heavy atom. The van der Waals surface area contributed by atoms with E-state index >= 15 is 0 Å². The highest BCUT2D eigenvalue weighted by Crippen LogP contribution is 2.11. The number of guanidine groups is 1. The number of carbonyl (C=O) groups excluding carboxylic acids is 1. The van der Waals surface area contributed by atoms with Gasteiger partial charge in [-0.25, -0.2) is 9.79 Å². The molecule has 0 aromatic carbocycles. The average Bonchev–Trinajstić information content (AvgIpc) is 2.99. The molecule has 0 bridgehead atoms. The molecule has 134 valence electrons. The topological polar surface area (TPSA) is 83.8 Å². The number of rotatable bonds is 5. The van der Waals surface area contributed by atoms with Crippen molar-refractivity contribution in [3.05, 3.63) is 18.0 Å². The van der Waals surface area contributed by atoms with Crippen molar-refractivity contribution >= 4 is 12.1 Å². The van der Waals surface area contributed by atoms with Crippen LogP contribution in [0.1, 0.15) is 32.3 Å². The molecule has 0 radical (unpaired) electrons. The summed E-state index contributed by atoms with van der Waals surface area (Å²) in [6.45, 7) is 7.10. The van der Waals surface area contributed by atoms with Crippen molar-refractivity contribution in [2.24, 2.45) is 12.0 Å². The molecule has 0 unspecified atom stereocenters. The highest BCUT2D eigenvalue weighted by atomic mass is 16.6. The first-order valence-corrected chi connectivity index (χ1v) is 8.56. The van der Waals surface area contributed by atoms with Crippen molar-refractivity contribution in [2.75, 3.05) is 26.2 Å². The fraction of sp³-hybridized carbons (Fsp3) is 0.688. The Morgan fingerprint density at radius 2 is 2.17 bits per heavy atom. The number of nitrogens with zero attached hydrogens (tertiary/aromatic N) is 4. The van der Waals surface area contributed by atoms with Gasteiger partial charge in [0.25, 0.3) is 0 Å². The number of aliphatic imine (C=N–C) groups is 1. The standard InChI is InChI=1S/C16H28N6O2/c1-4-17-15(18-10-13-11-19-21(3)12-13)20-14-6-8-22(9-7-14)16(23)24-5-2/h11-12,14H,4-10H2,1-3H3,(H2,17,18,20). The molecule has 1 aliphatic rings. The molecule has 2 heterocycles. The van der Waals surface area contributed by atoms with Gasteiger partial charge in [-0.15, -0.1) is 0 Å². The second-order valence-corrected chi connectivity index (χ2v) is 5.82. The molecule has 2 N–H and O–H groups in total. The van der Waals surface area contributed by atoms with Crippen LogP contribution >= 0.6 is 0 Å². The molecular weight excluding hydrogens is 308 g/mol. The highest BCUT2D eigenvalue weighted by molar-refractivity contribution is 5.80. The summed E-state index contributed by atoms with van der Waals surface area (Å²) in [5, 5.41) is 10.9. The molecule has 1 aliphatic heterocycles. The van der Waals surface area contributed by atoms with E-state index in [-0.39, 0.29) is 6.09 Å². The zero-order valence-electron chi connectivity index (χ0n) is 14.8. The number of amides is 1. The van der Waals surface area contributed by atoms with Gasteiger partial charge in [0.05, 0.1) is 19.3 Å². The Balaban J connectivity index is 1.84. The average molecular weight is 336 g/mol.